The zero-order valence-corrected chi connectivity index (χ0v) is 12.1. The number of aliphatic carboxylic acids is 1. The van der Waals surface area contributed by atoms with Gasteiger partial charge in [-0.1, -0.05) is 19.8 Å². The molecule has 0 amide bonds. The summed E-state index contributed by atoms with van der Waals surface area (Å²) in [6, 6.07) is 0. The average Bonchev–Trinajstić information content (AvgIpc) is 2.85. The van der Waals surface area contributed by atoms with Gasteiger partial charge in [0.15, 0.2) is 0 Å². The summed E-state index contributed by atoms with van der Waals surface area (Å²) in [7, 11) is 0. The van der Waals surface area contributed by atoms with Crippen molar-refractivity contribution in [2.24, 2.45) is 11.8 Å². The normalized spacial score (nSPS) is 23.2. The van der Waals surface area contributed by atoms with E-state index in [9.17, 15) is 9.90 Å². The van der Waals surface area contributed by atoms with Crippen LogP contribution in [0.1, 0.15) is 44.9 Å². The second kappa shape index (κ2) is 6.84. The van der Waals surface area contributed by atoms with E-state index < -0.39 is 5.97 Å². The number of aromatic nitrogens is 2. The van der Waals surface area contributed by atoms with E-state index in [4.69, 9.17) is 0 Å². The summed E-state index contributed by atoms with van der Waals surface area (Å²) < 4.78 is 4.28. The van der Waals surface area contributed by atoms with Crippen LogP contribution >= 0.6 is 11.5 Å². The summed E-state index contributed by atoms with van der Waals surface area (Å²) in [6.45, 7) is 2.80. The van der Waals surface area contributed by atoms with E-state index in [1.807, 2.05) is 0 Å². The monoisotopic (exact) mass is 283 g/mol. The number of anilines is 1. The van der Waals surface area contributed by atoms with E-state index in [0.29, 0.717) is 6.54 Å². The SMILES string of the molecule is CCCc1nsc(NCC2CCCCC2C(=O)O)n1. The fraction of sp³-hybridized carbons (Fsp3) is 0.769. The van der Waals surface area contributed by atoms with Gasteiger partial charge in [-0.2, -0.15) is 4.37 Å². The minimum Gasteiger partial charge on any atom is -0.481 e. The molecule has 0 spiro atoms. The molecule has 0 bridgehead atoms. The molecule has 1 fully saturated rings. The van der Waals surface area contributed by atoms with Crippen molar-refractivity contribution in [2.45, 2.75) is 45.4 Å². The molecule has 1 aromatic heterocycles. The summed E-state index contributed by atoms with van der Waals surface area (Å²) in [5.41, 5.74) is 0. The van der Waals surface area contributed by atoms with Gasteiger partial charge in [0.2, 0.25) is 5.13 Å². The molecule has 0 aromatic carbocycles. The zero-order valence-electron chi connectivity index (χ0n) is 11.3. The van der Waals surface area contributed by atoms with Gasteiger partial charge in [-0.05, 0) is 25.2 Å². The second-order valence-corrected chi connectivity index (χ2v) is 5.89. The van der Waals surface area contributed by atoms with Crippen LogP contribution in [0.3, 0.4) is 0 Å². The molecule has 2 N–H and O–H groups in total. The summed E-state index contributed by atoms with van der Waals surface area (Å²) in [5.74, 6) is 0.234. The molecule has 1 saturated carbocycles. The third-order valence-corrected chi connectivity index (χ3v) is 4.39. The first kappa shape index (κ1) is 14.2. The molecule has 2 atom stereocenters. The van der Waals surface area contributed by atoms with Gasteiger partial charge in [0.25, 0.3) is 0 Å². The molecule has 0 aliphatic heterocycles. The maximum atomic E-state index is 11.2. The topological polar surface area (TPSA) is 75.1 Å². The predicted octanol–water partition coefficient (Wildman–Crippen LogP) is 2.79. The third kappa shape index (κ3) is 3.89. The molecule has 2 rings (SSSR count). The van der Waals surface area contributed by atoms with E-state index in [2.05, 4.69) is 21.6 Å². The first-order valence-electron chi connectivity index (χ1n) is 7.00. The van der Waals surface area contributed by atoms with Gasteiger partial charge in [-0.25, -0.2) is 4.98 Å². The number of rotatable bonds is 6. The van der Waals surface area contributed by atoms with Crippen LogP contribution in [-0.4, -0.2) is 27.0 Å². The molecule has 1 aliphatic carbocycles. The van der Waals surface area contributed by atoms with Crippen molar-refractivity contribution >= 4 is 22.6 Å². The summed E-state index contributed by atoms with van der Waals surface area (Å²) in [4.78, 5) is 15.6. The standard InChI is InChI=1S/C13H21N3O2S/c1-2-5-11-15-13(19-16-11)14-8-9-6-3-4-7-10(9)12(17)18/h9-10H,2-8H2,1H3,(H,17,18)(H,14,15,16). The van der Waals surface area contributed by atoms with Crippen molar-refractivity contribution in [2.75, 3.05) is 11.9 Å². The number of hydrogen-bond acceptors (Lipinski definition) is 5. The van der Waals surface area contributed by atoms with Crippen LogP contribution in [0.5, 0.6) is 0 Å². The molecular formula is C13H21N3O2S. The zero-order chi connectivity index (χ0) is 13.7. The smallest absolute Gasteiger partial charge is 0.306 e. The minimum atomic E-state index is -0.657. The van der Waals surface area contributed by atoms with Gasteiger partial charge in [-0.3, -0.25) is 4.79 Å². The molecule has 1 heterocycles. The van der Waals surface area contributed by atoms with E-state index >= 15 is 0 Å². The van der Waals surface area contributed by atoms with Crippen molar-refractivity contribution in [1.82, 2.24) is 9.36 Å². The van der Waals surface area contributed by atoms with Gasteiger partial charge in [-0.15, -0.1) is 0 Å². The lowest BCUT2D eigenvalue weighted by Gasteiger charge is -2.28. The van der Waals surface area contributed by atoms with Crippen molar-refractivity contribution in [1.29, 1.82) is 0 Å². The van der Waals surface area contributed by atoms with Gasteiger partial charge >= 0.3 is 5.97 Å². The van der Waals surface area contributed by atoms with E-state index in [0.717, 1.165) is 49.5 Å². The van der Waals surface area contributed by atoms with Gasteiger partial charge in [0, 0.05) is 24.5 Å². The highest BCUT2D eigenvalue weighted by Crippen LogP contribution is 2.30. The van der Waals surface area contributed by atoms with E-state index in [1.54, 1.807) is 0 Å². The number of hydrogen-bond donors (Lipinski definition) is 2. The van der Waals surface area contributed by atoms with E-state index in [-0.39, 0.29) is 11.8 Å². The summed E-state index contributed by atoms with van der Waals surface area (Å²) in [6.07, 6.45) is 5.91. The Bertz CT molecular complexity index is 422. The number of carboxylic acid groups (broad SMARTS) is 1. The molecular weight excluding hydrogens is 262 g/mol. The van der Waals surface area contributed by atoms with Crippen molar-refractivity contribution in [3.8, 4) is 0 Å². The molecule has 0 radical (unpaired) electrons. The van der Waals surface area contributed by atoms with Crippen molar-refractivity contribution in [3.05, 3.63) is 5.82 Å². The Labute approximate surface area is 117 Å². The fourth-order valence-electron chi connectivity index (χ4n) is 2.65. The maximum Gasteiger partial charge on any atom is 0.306 e. The molecule has 2 unspecified atom stereocenters. The maximum absolute atomic E-state index is 11.2. The number of carboxylic acids is 1. The Balaban J connectivity index is 1.87. The molecule has 19 heavy (non-hydrogen) atoms. The Morgan fingerprint density at radius 1 is 1.47 bits per heavy atom. The van der Waals surface area contributed by atoms with Gasteiger partial charge in [0.05, 0.1) is 5.92 Å². The Kier molecular flexibility index (Phi) is 5.13. The Hall–Kier alpha value is -1.17. The molecule has 1 aliphatic rings. The highest BCUT2D eigenvalue weighted by atomic mass is 32.1. The van der Waals surface area contributed by atoms with E-state index in [1.165, 1.54) is 11.5 Å². The molecule has 6 heteroatoms. The second-order valence-electron chi connectivity index (χ2n) is 5.14. The lowest BCUT2D eigenvalue weighted by molar-refractivity contribution is -0.144. The van der Waals surface area contributed by atoms with Crippen LogP contribution in [0, 0.1) is 11.8 Å². The predicted molar refractivity (Wildman–Crippen MR) is 75.5 cm³/mol. The molecule has 0 saturated heterocycles. The largest absolute Gasteiger partial charge is 0.481 e. The lowest BCUT2D eigenvalue weighted by atomic mass is 9.79. The van der Waals surface area contributed by atoms with Crippen LogP contribution in [0.2, 0.25) is 0 Å². The first-order chi connectivity index (χ1) is 9.20. The summed E-state index contributed by atoms with van der Waals surface area (Å²) >= 11 is 1.37. The van der Waals surface area contributed by atoms with Crippen LogP contribution < -0.4 is 5.32 Å². The van der Waals surface area contributed by atoms with Gasteiger partial charge in [0.1, 0.15) is 5.82 Å². The minimum absolute atomic E-state index is 0.204. The quantitative estimate of drug-likeness (QED) is 0.839. The highest BCUT2D eigenvalue weighted by molar-refractivity contribution is 7.09. The average molecular weight is 283 g/mol. The molecule has 106 valence electrons. The van der Waals surface area contributed by atoms with Crippen molar-refractivity contribution in [3.63, 3.8) is 0 Å². The number of carbonyl (C=O) groups is 1. The fourth-order valence-corrected chi connectivity index (χ4v) is 3.26. The third-order valence-electron chi connectivity index (χ3n) is 3.68. The van der Waals surface area contributed by atoms with Crippen LogP contribution in [0.15, 0.2) is 0 Å². The van der Waals surface area contributed by atoms with Crippen LogP contribution in [-0.2, 0) is 11.2 Å². The Morgan fingerprint density at radius 3 is 3.00 bits per heavy atom. The lowest BCUT2D eigenvalue weighted by Crippen LogP contribution is -2.31. The highest BCUT2D eigenvalue weighted by Gasteiger charge is 2.30. The first-order valence-corrected chi connectivity index (χ1v) is 7.77. The van der Waals surface area contributed by atoms with Crippen LogP contribution in [0.25, 0.3) is 0 Å². The molecule has 5 nitrogen and oxygen atoms in total. The number of nitrogens with zero attached hydrogens (tertiary/aromatic N) is 2. The molecule has 1 aromatic rings. The van der Waals surface area contributed by atoms with Crippen molar-refractivity contribution < 1.29 is 9.90 Å². The summed E-state index contributed by atoms with van der Waals surface area (Å²) in [5, 5.41) is 13.3. The Morgan fingerprint density at radius 2 is 2.26 bits per heavy atom. The van der Waals surface area contributed by atoms with Gasteiger partial charge < -0.3 is 10.4 Å². The number of aryl methyl sites for hydroxylation is 1. The number of nitrogens with one attached hydrogen (secondary N) is 1. The van der Waals surface area contributed by atoms with Crippen LogP contribution in [0.4, 0.5) is 5.13 Å².